The first-order chi connectivity index (χ1) is 17.6. The number of aromatic amines is 1. The van der Waals surface area contributed by atoms with Crippen LogP contribution in [0.2, 0.25) is 0 Å². The molecule has 0 saturated carbocycles. The Hall–Kier alpha value is -1.18. The van der Waals surface area contributed by atoms with Crippen molar-refractivity contribution in [2.45, 2.75) is 110 Å². The number of phosphoric acid groups is 1. The molecule has 0 spiro atoms. The lowest BCUT2D eigenvalue weighted by Gasteiger charge is -2.34. The summed E-state index contributed by atoms with van der Waals surface area (Å²) >= 11 is 0. The first-order valence-electron chi connectivity index (χ1n) is 12.6. The van der Waals surface area contributed by atoms with E-state index in [4.69, 9.17) is 23.0 Å². The van der Waals surface area contributed by atoms with Crippen LogP contribution in [0.15, 0.2) is 15.8 Å². The predicted octanol–water partition coefficient (Wildman–Crippen LogP) is 2.94. The molecule has 0 bridgehead atoms. The number of hydrogen-bond acceptors (Lipinski definition) is 10. The number of rotatable bonds is 14. The number of H-pyrrole nitrogens is 1. The van der Waals surface area contributed by atoms with E-state index in [2.05, 4.69) is 4.98 Å². The number of nitrogens with one attached hydrogen (secondary N) is 1. The maximum atomic E-state index is 13.0. The summed E-state index contributed by atoms with van der Waals surface area (Å²) < 4.78 is 53.7. The Morgan fingerprint density at radius 2 is 1.69 bits per heavy atom. The van der Waals surface area contributed by atoms with Gasteiger partial charge in [0, 0.05) is 18.2 Å². The third kappa shape index (κ3) is 9.43. The fourth-order valence-corrected chi connectivity index (χ4v) is 5.97. The van der Waals surface area contributed by atoms with Crippen molar-refractivity contribution in [3.05, 3.63) is 32.6 Å². The van der Waals surface area contributed by atoms with Crippen LogP contribution in [0.3, 0.4) is 0 Å². The highest BCUT2D eigenvalue weighted by Crippen LogP contribution is 2.56. The molecule has 2 heterocycles. The molecule has 39 heavy (non-hydrogen) atoms. The van der Waals surface area contributed by atoms with E-state index >= 15 is 0 Å². The molecule has 1 aromatic heterocycles. The number of ether oxygens (including phenoxy) is 2. The molecule has 0 aliphatic carbocycles. The molecule has 1 aliphatic rings. The molecule has 1 aliphatic heterocycles. The number of hydrogen-bond donors (Lipinski definition) is 4. The second kappa shape index (κ2) is 12.4. The lowest BCUT2D eigenvalue weighted by molar-refractivity contribution is -0.0528. The molecule has 1 fully saturated rings. The van der Waals surface area contributed by atoms with Crippen molar-refractivity contribution in [3.8, 4) is 0 Å². The molecule has 14 nitrogen and oxygen atoms in total. The van der Waals surface area contributed by atoms with Crippen LogP contribution in [-0.4, -0.2) is 66.4 Å². The smallest absolute Gasteiger partial charge is 0.390 e. The zero-order chi connectivity index (χ0) is 30.0. The van der Waals surface area contributed by atoms with Crippen molar-refractivity contribution in [3.63, 3.8) is 0 Å². The Labute approximate surface area is 227 Å². The lowest BCUT2D eigenvalue weighted by atomic mass is 10.1. The Kier molecular flexibility index (Phi) is 10.8. The molecule has 0 radical (unpaired) electrons. The van der Waals surface area contributed by atoms with Crippen molar-refractivity contribution < 1.29 is 47.1 Å². The van der Waals surface area contributed by atoms with Crippen molar-refractivity contribution in [1.82, 2.24) is 9.55 Å². The van der Waals surface area contributed by atoms with E-state index in [1.54, 1.807) is 27.7 Å². The van der Waals surface area contributed by atoms with E-state index in [0.29, 0.717) is 6.42 Å². The first-order valence-corrected chi connectivity index (χ1v) is 15.7. The van der Waals surface area contributed by atoms with Crippen molar-refractivity contribution >= 4 is 15.4 Å². The van der Waals surface area contributed by atoms with Crippen LogP contribution in [-0.2, 0) is 32.2 Å². The average Bonchev–Trinajstić information content (AvgIpc) is 3.13. The number of nitrogens with zero attached hydrogens (tertiary/aromatic N) is 1. The molecule has 16 heteroatoms. The highest BCUT2D eigenvalue weighted by molar-refractivity contribution is 7.54. The largest absolute Gasteiger partial charge is 0.473 e. The number of aryl methyl sites for hydroxylation is 1. The van der Waals surface area contributed by atoms with Gasteiger partial charge in [0.05, 0.1) is 30.5 Å². The molecule has 4 N–H and O–H groups in total. The molecule has 0 amide bonds. The minimum absolute atomic E-state index is 0.00199. The van der Waals surface area contributed by atoms with Crippen LogP contribution in [0, 0.1) is 6.92 Å². The van der Waals surface area contributed by atoms with Gasteiger partial charge >= 0.3 is 21.1 Å². The number of aliphatic hydroxyl groups is 1. The van der Waals surface area contributed by atoms with Crippen LogP contribution >= 0.6 is 15.4 Å². The van der Waals surface area contributed by atoms with Crippen LogP contribution in [0.4, 0.5) is 0 Å². The van der Waals surface area contributed by atoms with Gasteiger partial charge in [0.15, 0.2) is 5.34 Å². The summed E-state index contributed by atoms with van der Waals surface area (Å²) in [6, 6.07) is 0. The molecule has 0 aromatic carbocycles. The summed E-state index contributed by atoms with van der Waals surface area (Å²) in [5, 5.41) is 8.69. The topological polar surface area (TPSA) is 196 Å². The molecular weight excluding hydrogens is 558 g/mol. The van der Waals surface area contributed by atoms with Crippen molar-refractivity contribution in [2.24, 2.45) is 0 Å². The highest BCUT2D eigenvalue weighted by Gasteiger charge is 2.45. The molecule has 226 valence electrons. The highest BCUT2D eigenvalue weighted by atomic mass is 31.2. The first kappa shape index (κ1) is 34.0. The predicted molar refractivity (Wildman–Crippen MR) is 141 cm³/mol. The van der Waals surface area contributed by atoms with E-state index in [9.17, 15) is 33.6 Å². The van der Waals surface area contributed by atoms with E-state index in [0.717, 1.165) is 4.57 Å². The van der Waals surface area contributed by atoms with Crippen molar-refractivity contribution in [1.29, 1.82) is 0 Å². The SMILES string of the molecule is CCC(C)(C)OP(=O)(O)OC(C)(C)CCOC(C)(C)P(=O)(O)OCC1OC(n2cc(C)c(=O)[nH]c2=O)CC1O. The minimum Gasteiger partial charge on any atom is -0.390 e. The summed E-state index contributed by atoms with van der Waals surface area (Å²) in [6.07, 6.45) is -1.16. The van der Waals surface area contributed by atoms with Crippen LogP contribution in [0.25, 0.3) is 0 Å². The van der Waals surface area contributed by atoms with Crippen LogP contribution in [0.1, 0.15) is 79.5 Å². The fourth-order valence-electron chi connectivity index (χ4n) is 3.55. The third-order valence-corrected chi connectivity index (χ3v) is 9.93. The average molecular weight is 601 g/mol. The second-order valence-corrected chi connectivity index (χ2v) is 15.0. The summed E-state index contributed by atoms with van der Waals surface area (Å²) in [4.78, 5) is 46.6. The standard InChI is InChI=1S/C23H42N2O12P2/c1-9-21(3,4)36-39(31,32)37-22(5,6)10-11-33-23(7,8)38(29,30)34-14-17-16(26)12-18(35-17)25-13-15(2)19(27)24-20(25)28/h13,16-18,26H,9-12,14H2,1-8H3,(H,29,30)(H,31,32)(H,24,27,28). The normalized spacial score (nSPS) is 23.9. The van der Waals surface area contributed by atoms with Gasteiger partial charge in [-0.05, 0) is 61.3 Å². The molecule has 1 aromatic rings. The van der Waals surface area contributed by atoms with E-state index < -0.39 is 68.3 Å². The Morgan fingerprint density at radius 1 is 1.10 bits per heavy atom. The summed E-state index contributed by atoms with van der Waals surface area (Å²) in [6.45, 7) is 11.9. The maximum absolute atomic E-state index is 13.0. The van der Waals surface area contributed by atoms with Gasteiger partial charge in [0.1, 0.15) is 12.3 Å². The Morgan fingerprint density at radius 3 is 2.28 bits per heavy atom. The zero-order valence-electron chi connectivity index (χ0n) is 23.7. The van der Waals surface area contributed by atoms with Crippen LogP contribution < -0.4 is 11.2 Å². The number of phosphoric ester groups is 1. The molecule has 2 rings (SSSR count). The molecule has 5 unspecified atom stereocenters. The van der Waals surface area contributed by atoms with E-state index in [1.807, 2.05) is 6.92 Å². The van der Waals surface area contributed by atoms with Gasteiger partial charge in [-0.25, -0.2) is 9.36 Å². The van der Waals surface area contributed by atoms with Gasteiger partial charge in [0.25, 0.3) is 5.56 Å². The number of aromatic nitrogens is 2. The van der Waals surface area contributed by atoms with Crippen LogP contribution in [0.5, 0.6) is 0 Å². The minimum atomic E-state index is -4.44. The molecular formula is C23H42N2O12P2. The zero-order valence-corrected chi connectivity index (χ0v) is 25.5. The van der Waals surface area contributed by atoms with Gasteiger partial charge in [0.2, 0.25) is 0 Å². The van der Waals surface area contributed by atoms with Crippen molar-refractivity contribution in [2.75, 3.05) is 13.2 Å². The quantitative estimate of drug-likeness (QED) is 0.228. The second-order valence-electron chi connectivity index (χ2n) is 11.3. The van der Waals surface area contributed by atoms with Gasteiger partial charge in [-0.3, -0.25) is 28.0 Å². The third-order valence-electron chi connectivity index (χ3n) is 6.49. The molecule has 1 saturated heterocycles. The summed E-state index contributed by atoms with van der Waals surface area (Å²) in [5.41, 5.74) is -3.01. The van der Waals surface area contributed by atoms with E-state index in [1.165, 1.54) is 27.0 Å². The maximum Gasteiger partial charge on any atom is 0.473 e. The van der Waals surface area contributed by atoms with Gasteiger partial charge in [-0.1, -0.05) is 6.92 Å². The number of aliphatic hydroxyl groups excluding tert-OH is 1. The van der Waals surface area contributed by atoms with Gasteiger partial charge in [-0.2, -0.15) is 0 Å². The Bertz CT molecular complexity index is 1210. The summed E-state index contributed by atoms with van der Waals surface area (Å²) in [5.74, 6) is 0. The van der Waals surface area contributed by atoms with Gasteiger partial charge < -0.3 is 28.9 Å². The Balaban J connectivity index is 1.94. The van der Waals surface area contributed by atoms with Gasteiger partial charge in [-0.15, -0.1) is 0 Å². The van der Waals surface area contributed by atoms with E-state index in [-0.39, 0.29) is 25.0 Å². The lowest BCUT2D eigenvalue weighted by Crippen LogP contribution is -2.34. The fraction of sp³-hybridized carbons (Fsp3) is 0.826. The molecule has 5 atom stereocenters. The monoisotopic (exact) mass is 600 g/mol. The summed E-state index contributed by atoms with van der Waals surface area (Å²) in [7, 11) is -8.84.